The minimum absolute atomic E-state index is 0.108. The van der Waals surface area contributed by atoms with Crippen LogP contribution in [0.2, 0.25) is 0 Å². The van der Waals surface area contributed by atoms with Crippen molar-refractivity contribution in [2.75, 3.05) is 6.54 Å². The highest BCUT2D eigenvalue weighted by Gasteiger charge is 1.99. The lowest BCUT2D eigenvalue weighted by Gasteiger charge is -2.04. The van der Waals surface area contributed by atoms with Crippen LogP contribution in [-0.4, -0.2) is 16.2 Å². The standard InChI is InChI=1S/C16H22N2O/c1-2-8-17-10-16-7-9-18(12-16)11-14-3-5-15(13-19)6-4-14/h3-7,9,12,17,19H,2,8,10-11,13H2,1H3. The van der Waals surface area contributed by atoms with E-state index in [2.05, 4.69) is 47.4 Å². The Kier molecular flexibility index (Phi) is 5.19. The molecule has 102 valence electrons. The van der Waals surface area contributed by atoms with Crippen molar-refractivity contribution in [3.8, 4) is 0 Å². The van der Waals surface area contributed by atoms with Crippen LogP contribution in [0.3, 0.4) is 0 Å². The van der Waals surface area contributed by atoms with E-state index in [0.29, 0.717) is 0 Å². The maximum Gasteiger partial charge on any atom is 0.0681 e. The molecule has 0 radical (unpaired) electrons. The molecule has 0 aliphatic heterocycles. The molecule has 2 N–H and O–H groups in total. The van der Waals surface area contributed by atoms with Gasteiger partial charge in [-0.3, -0.25) is 0 Å². The molecule has 0 bridgehead atoms. The van der Waals surface area contributed by atoms with Gasteiger partial charge < -0.3 is 15.0 Å². The minimum Gasteiger partial charge on any atom is -0.392 e. The molecular weight excluding hydrogens is 236 g/mol. The monoisotopic (exact) mass is 258 g/mol. The van der Waals surface area contributed by atoms with Crippen LogP contribution < -0.4 is 5.32 Å². The summed E-state index contributed by atoms with van der Waals surface area (Å²) in [5.41, 5.74) is 3.53. The lowest BCUT2D eigenvalue weighted by atomic mass is 10.1. The fourth-order valence-corrected chi connectivity index (χ4v) is 2.06. The Labute approximate surface area is 114 Å². The summed E-state index contributed by atoms with van der Waals surface area (Å²) >= 11 is 0. The van der Waals surface area contributed by atoms with Crippen LogP contribution in [0.25, 0.3) is 0 Å². The van der Waals surface area contributed by atoms with Gasteiger partial charge in [-0.25, -0.2) is 0 Å². The number of nitrogens with zero attached hydrogens (tertiary/aromatic N) is 1. The summed E-state index contributed by atoms with van der Waals surface area (Å²) in [6.07, 6.45) is 5.46. The van der Waals surface area contributed by atoms with E-state index in [0.717, 1.165) is 31.6 Å². The molecule has 0 fully saturated rings. The van der Waals surface area contributed by atoms with E-state index < -0.39 is 0 Å². The van der Waals surface area contributed by atoms with Crippen molar-refractivity contribution >= 4 is 0 Å². The molecule has 0 aliphatic rings. The maximum atomic E-state index is 9.01. The Morgan fingerprint density at radius 3 is 2.47 bits per heavy atom. The van der Waals surface area contributed by atoms with Crippen LogP contribution in [0.5, 0.6) is 0 Å². The van der Waals surface area contributed by atoms with Gasteiger partial charge >= 0.3 is 0 Å². The van der Waals surface area contributed by atoms with Gasteiger partial charge in [-0.2, -0.15) is 0 Å². The largest absolute Gasteiger partial charge is 0.392 e. The van der Waals surface area contributed by atoms with E-state index in [1.165, 1.54) is 11.1 Å². The second-order valence-electron chi connectivity index (χ2n) is 4.84. The van der Waals surface area contributed by atoms with E-state index in [-0.39, 0.29) is 6.61 Å². The summed E-state index contributed by atoms with van der Waals surface area (Å²) in [4.78, 5) is 0. The predicted octanol–water partition coefficient (Wildman–Crippen LogP) is 2.53. The first-order valence-electron chi connectivity index (χ1n) is 6.86. The molecule has 0 amide bonds. The molecule has 0 aliphatic carbocycles. The fraction of sp³-hybridized carbons (Fsp3) is 0.375. The number of aromatic nitrogens is 1. The van der Waals surface area contributed by atoms with Gasteiger partial charge in [0.15, 0.2) is 0 Å². The third-order valence-corrected chi connectivity index (χ3v) is 3.14. The molecule has 0 unspecified atom stereocenters. The van der Waals surface area contributed by atoms with Crippen LogP contribution in [0.15, 0.2) is 42.7 Å². The van der Waals surface area contributed by atoms with Crippen molar-refractivity contribution in [2.45, 2.75) is 33.0 Å². The number of hydrogen-bond acceptors (Lipinski definition) is 2. The topological polar surface area (TPSA) is 37.2 Å². The highest BCUT2D eigenvalue weighted by atomic mass is 16.3. The molecule has 2 aromatic rings. The van der Waals surface area contributed by atoms with Crippen molar-refractivity contribution in [2.24, 2.45) is 0 Å². The third kappa shape index (κ3) is 4.23. The molecule has 1 heterocycles. The molecule has 3 nitrogen and oxygen atoms in total. The number of benzene rings is 1. The van der Waals surface area contributed by atoms with Gasteiger partial charge in [-0.1, -0.05) is 31.2 Å². The van der Waals surface area contributed by atoms with Gasteiger partial charge in [0.05, 0.1) is 6.61 Å². The number of rotatable bonds is 7. The van der Waals surface area contributed by atoms with Gasteiger partial charge in [0.2, 0.25) is 0 Å². The lowest BCUT2D eigenvalue weighted by Crippen LogP contribution is -2.13. The van der Waals surface area contributed by atoms with E-state index in [9.17, 15) is 0 Å². The van der Waals surface area contributed by atoms with Crippen LogP contribution in [0.1, 0.15) is 30.0 Å². The van der Waals surface area contributed by atoms with Crippen molar-refractivity contribution in [3.05, 3.63) is 59.4 Å². The van der Waals surface area contributed by atoms with Crippen molar-refractivity contribution in [3.63, 3.8) is 0 Å². The number of aliphatic hydroxyl groups excluding tert-OH is 1. The molecule has 3 heteroatoms. The van der Waals surface area contributed by atoms with Gasteiger partial charge in [-0.05, 0) is 35.7 Å². The summed E-state index contributed by atoms with van der Waals surface area (Å²) in [5.74, 6) is 0. The summed E-state index contributed by atoms with van der Waals surface area (Å²) in [6.45, 7) is 5.16. The van der Waals surface area contributed by atoms with E-state index in [1.54, 1.807) is 0 Å². The first kappa shape index (κ1) is 13.8. The van der Waals surface area contributed by atoms with E-state index in [1.807, 2.05) is 12.1 Å². The van der Waals surface area contributed by atoms with Crippen LogP contribution >= 0.6 is 0 Å². The van der Waals surface area contributed by atoms with Gasteiger partial charge in [0, 0.05) is 25.5 Å². The number of aliphatic hydroxyl groups is 1. The van der Waals surface area contributed by atoms with Gasteiger partial charge in [-0.15, -0.1) is 0 Å². The lowest BCUT2D eigenvalue weighted by molar-refractivity contribution is 0.282. The third-order valence-electron chi connectivity index (χ3n) is 3.14. The molecule has 1 aromatic carbocycles. The van der Waals surface area contributed by atoms with Crippen molar-refractivity contribution in [1.29, 1.82) is 0 Å². The zero-order chi connectivity index (χ0) is 13.5. The predicted molar refractivity (Wildman–Crippen MR) is 77.9 cm³/mol. The Balaban J connectivity index is 1.91. The Morgan fingerprint density at radius 2 is 1.79 bits per heavy atom. The van der Waals surface area contributed by atoms with Gasteiger partial charge in [0.1, 0.15) is 0 Å². The molecular formula is C16H22N2O. The van der Waals surface area contributed by atoms with Gasteiger partial charge in [0.25, 0.3) is 0 Å². The molecule has 19 heavy (non-hydrogen) atoms. The summed E-state index contributed by atoms with van der Waals surface area (Å²) in [7, 11) is 0. The second-order valence-corrected chi connectivity index (χ2v) is 4.84. The van der Waals surface area contributed by atoms with E-state index >= 15 is 0 Å². The molecule has 0 saturated carbocycles. The van der Waals surface area contributed by atoms with Crippen molar-refractivity contribution in [1.82, 2.24) is 9.88 Å². The summed E-state index contributed by atoms with van der Waals surface area (Å²) in [5, 5.41) is 12.4. The molecule has 0 atom stereocenters. The summed E-state index contributed by atoms with van der Waals surface area (Å²) < 4.78 is 2.19. The average Bonchev–Trinajstić information content (AvgIpc) is 2.88. The van der Waals surface area contributed by atoms with Crippen LogP contribution in [0, 0.1) is 0 Å². The molecule has 0 saturated heterocycles. The smallest absolute Gasteiger partial charge is 0.0681 e. The Hall–Kier alpha value is -1.58. The second kappa shape index (κ2) is 7.12. The highest BCUT2D eigenvalue weighted by Crippen LogP contribution is 2.08. The zero-order valence-electron chi connectivity index (χ0n) is 11.5. The number of nitrogens with one attached hydrogen (secondary N) is 1. The van der Waals surface area contributed by atoms with Crippen LogP contribution in [0.4, 0.5) is 0 Å². The molecule has 0 spiro atoms. The first-order chi connectivity index (χ1) is 9.31. The fourth-order valence-electron chi connectivity index (χ4n) is 2.06. The molecule has 1 aromatic heterocycles. The van der Waals surface area contributed by atoms with Crippen molar-refractivity contribution < 1.29 is 5.11 Å². The number of hydrogen-bond donors (Lipinski definition) is 2. The molecule has 2 rings (SSSR count). The highest BCUT2D eigenvalue weighted by molar-refractivity contribution is 5.23. The zero-order valence-corrected chi connectivity index (χ0v) is 11.5. The Morgan fingerprint density at radius 1 is 1.05 bits per heavy atom. The Bertz CT molecular complexity index is 488. The average molecular weight is 258 g/mol. The van der Waals surface area contributed by atoms with Crippen LogP contribution in [-0.2, 0) is 19.7 Å². The normalized spacial score (nSPS) is 10.8. The minimum atomic E-state index is 0.108. The summed E-state index contributed by atoms with van der Waals surface area (Å²) in [6, 6.07) is 10.2. The maximum absolute atomic E-state index is 9.01. The SMILES string of the molecule is CCCNCc1ccn(Cc2ccc(CO)cc2)c1. The van der Waals surface area contributed by atoms with E-state index in [4.69, 9.17) is 5.11 Å². The first-order valence-corrected chi connectivity index (χ1v) is 6.86. The quantitative estimate of drug-likeness (QED) is 0.749.